The first-order valence-corrected chi connectivity index (χ1v) is 8.00. The first kappa shape index (κ1) is 14.1. The first-order chi connectivity index (χ1) is 10.1. The molecule has 1 aromatic heterocycles. The van der Waals surface area contributed by atoms with Crippen molar-refractivity contribution in [2.24, 2.45) is 5.92 Å². The van der Waals surface area contributed by atoms with E-state index in [0.717, 1.165) is 11.3 Å². The topological polar surface area (TPSA) is 55.2 Å². The molecule has 1 unspecified atom stereocenters. The van der Waals surface area contributed by atoms with Gasteiger partial charge in [-0.1, -0.05) is 6.07 Å². The molecule has 1 heterocycles. The Balaban J connectivity index is 1.92. The Kier molecular flexibility index (Phi) is 3.68. The van der Waals surface area contributed by atoms with Gasteiger partial charge in [0.1, 0.15) is 0 Å². The predicted molar refractivity (Wildman–Crippen MR) is 86.0 cm³/mol. The molecule has 0 amide bonds. The molecule has 1 aliphatic carbocycles. The number of aryl methyl sites for hydroxylation is 2. The van der Waals surface area contributed by atoms with Gasteiger partial charge in [-0.15, -0.1) is 11.3 Å². The van der Waals surface area contributed by atoms with Crippen molar-refractivity contribution in [2.75, 3.05) is 5.32 Å². The number of thiophene rings is 1. The zero-order valence-corrected chi connectivity index (χ0v) is 12.9. The highest BCUT2D eigenvalue weighted by Gasteiger charge is 2.33. The number of nitrogens with one attached hydrogen (secondary N) is 1. The summed E-state index contributed by atoms with van der Waals surface area (Å²) in [6, 6.07) is 8.03. The van der Waals surface area contributed by atoms with Gasteiger partial charge in [0.25, 0.3) is 5.69 Å². The Morgan fingerprint density at radius 1 is 1.33 bits per heavy atom. The third-order valence-electron chi connectivity index (χ3n) is 3.99. The largest absolute Gasteiger partial charge is 0.377 e. The van der Waals surface area contributed by atoms with Crippen molar-refractivity contribution < 1.29 is 4.92 Å². The Hall–Kier alpha value is -1.88. The van der Waals surface area contributed by atoms with Gasteiger partial charge < -0.3 is 5.32 Å². The van der Waals surface area contributed by atoms with Crippen LogP contribution in [0.5, 0.6) is 0 Å². The summed E-state index contributed by atoms with van der Waals surface area (Å²) >= 11 is 1.74. The molecule has 1 fully saturated rings. The molecule has 2 aromatic rings. The lowest BCUT2D eigenvalue weighted by Gasteiger charge is -2.20. The van der Waals surface area contributed by atoms with Crippen LogP contribution >= 0.6 is 11.3 Å². The Labute approximate surface area is 128 Å². The van der Waals surface area contributed by atoms with Crippen molar-refractivity contribution >= 4 is 22.7 Å². The molecule has 0 saturated heterocycles. The lowest BCUT2D eigenvalue weighted by atomic mass is 10.1. The van der Waals surface area contributed by atoms with E-state index < -0.39 is 0 Å². The fraction of sp³-hybridized carbons (Fsp3) is 0.375. The minimum absolute atomic E-state index is 0.184. The lowest BCUT2D eigenvalue weighted by molar-refractivity contribution is -0.385. The molecule has 0 spiro atoms. The summed E-state index contributed by atoms with van der Waals surface area (Å²) in [6.45, 7) is 3.78. The second-order valence-electron chi connectivity index (χ2n) is 5.69. The van der Waals surface area contributed by atoms with E-state index in [-0.39, 0.29) is 16.7 Å². The van der Waals surface area contributed by atoms with Gasteiger partial charge in [-0.05, 0) is 55.7 Å². The number of benzene rings is 1. The summed E-state index contributed by atoms with van der Waals surface area (Å²) in [5.41, 5.74) is 2.82. The second kappa shape index (κ2) is 5.48. The van der Waals surface area contributed by atoms with Crippen molar-refractivity contribution in [3.63, 3.8) is 0 Å². The van der Waals surface area contributed by atoms with Crippen LogP contribution in [0.15, 0.2) is 29.6 Å². The van der Waals surface area contributed by atoms with Crippen LogP contribution in [-0.4, -0.2) is 4.92 Å². The van der Waals surface area contributed by atoms with Gasteiger partial charge in [-0.2, -0.15) is 0 Å². The maximum absolute atomic E-state index is 11.1. The summed E-state index contributed by atoms with van der Waals surface area (Å²) in [4.78, 5) is 12.1. The molecule has 4 nitrogen and oxygen atoms in total. The molecule has 21 heavy (non-hydrogen) atoms. The number of anilines is 1. The van der Waals surface area contributed by atoms with E-state index in [0.29, 0.717) is 11.5 Å². The Morgan fingerprint density at radius 2 is 2.10 bits per heavy atom. The highest BCUT2D eigenvalue weighted by Crippen LogP contribution is 2.44. The average molecular weight is 302 g/mol. The van der Waals surface area contributed by atoms with Crippen LogP contribution in [0.2, 0.25) is 0 Å². The Morgan fingerprint density at radius 3 is 2.67 bits per heavy atom. The maximum Gasteiger partial charge on any atom is 0.274 e. The average Bonchev–Trinajstić information content (AvgIpc) is 3.12. The van der Waals surface area contributed by atoms with Crippen molar-refractivity contribution in [1.82, 2.24) is 0 Å². The molecule has 110 valence electrons. The van der Waals surface area contributed by atoms with Crippen LogP contribution in [0.4, 0.5) is 11.4 Å². The van der Waals surface area contributed by atoms with Gasteiger partial charge in [0.05, 0.1) is 11.0 Å². The van der Waals surface area contributed by atoms with Crippen LogP contribution in [0, 0.1) is 29.9 Å². The van der Waals surface area contributed by atoms with Gasteiger partial charge >= 0.3 is 0 Å². The van der Waals surface area contributed by atoms with Crippen LogP contribution in [-0.2, 0) is 0 Å². The minimum Gasteiger partial charge on any atom is -0.377 e. The highest BCUT2D eigenvalue weighted by atomic mass is 32.1. The summed E-state index contributed by atoms with van der Waals surface area (Å²) in [7, 11) is 0. The minimum atomic E-state index is -0.308. The number of nitro benzene ring substituents is 1. The second-order valence-corrected chi connectivity index (χ2v) is 6.66. The third kappa shape index (κ3) is 2.93. The highest BCUT2D eigenvalue weighted by molar-refractivity contribution is 7.10. The molecule has 0 bridgehead atoms. The molecular formula is C16H18N2O2S. The van der Waals surface area contributed by atoms with Crippen molar-refractivity contribution in [3.05, 3.63) is 55.8 Å². The number of nitrogens with zero attached hydrogens (tertiary/aromatic N) is 1. The standard InChI is InChI=1S/C16H18N2O2S/c1-10-8-11(2)14(18(19)20)9-13(10)17-16(12-5-6-12)15-4-3-7-21-15/h3-4,7-9,12,16-17H,5-6H2,1-2H3. The van der Waals surface area contributed by atoms with E-state index in [1.165, 1.54) is 17.7 Å². The van der Waals surface area contributed by atoms with E-state index in [4.69, 9.17) is 0 Å². The first-order valence-electron chi connectivity index (χ1n) is 7.12. The van der Waals surface area contributed by atoms with Gasteiger partial charge in [0.2, 0.25) is 0 Å². The van der Waals surface area contributed by atoms with Gasteiger partial charge in [0.15, 0.2) is 0 Å². The van der Waals surface area contributed by atoms with Crippen LogP contribution in [0.25, 0.3) is 0 Å². The molecule has 0 aliphatic heterocycles. The smallest absolute Gasteiger partial charge is 0.274 e. The third-order valence-corrected chi connectivity index (χ3v) is 4.95. The van der Waals surface area contributed by atoms with Crippen LogP contribution in [0.3, 0.4) is 0 Å². The number of hydrogen-bond donors (Lipinski definition) is 1. The zero-order chi connectivity index (χ0) is 15.0. The maximum atomic E-state index is 11.1. The molecule has 1 atom stereocenters. The molecule has 5 heteroatoms. The number of rotatable bonds is 5. The lowest BCUT2D eigenvalue weighted by Crippen LogP contribution is -2.12. The summed E-state index contributed by atoms with van der Waals surface area (Å²) in [5.74, 6) is 0.642. The van der Waals surface area contributed by atoms with Crippen molar-refractivity contribution in [2.45, 2.75) is 32.7 Å². The summed E-state index contributed by atoms with van der Waals surface area (Å²) in [6.07, 6.45) is 2.45. The molecule has 1 aliphatic rings. The summed E-state index contributed by atoms with van der Waals surface area (Å²) in [5, 5.41) is 16.7. The molecular weight excluding hydrogens is 284 g/mol. The van der Waals surface area contributed by atoms with E-state index in [9.17, 15) is 10.1 Å². The zero-order valence-electron chi connectivity index (χ0n) is 12.1. The molecule has 0 radical (unpaired) electrons. The predicted octanol–water partition coefficient (Wildman–Crippen LogP) is 4.84. The van der Waals surface area contributed by atoms with E-state index in [1.54, 1.807) is 24.3 Å². The fourth-order valence-corrected chi connectivity index (χ4v) is 3.55. The van der Waals surface area contributed by atoms with Crippen LogP contribution in [0.1, 0.15) is 34.9 Å². The fourth-order valence-electron chi connectivity index (χ4n) is 2.68. The van der Waals surface area contributed by atoms with Gasteiger partial charge in [0, 0.05) is 22.2 Å². The normalized spacial score (nSPS) is 15.7. The van der Waals surface area contributed by atoms with E-state index in [1.807, 2.05) is 13.0 Å². The van der Waals surface area contributed by atoms with Crippen molar-refractivity contribution in [1.29, 1.82) is 0 Å². The number of nitro groups is 1. The van der Waals surface area contributed by atoms with E-state index in [2.05, 4.69) is 22.8 Å². The summed E-state index contributed by atoms with van der Waals surface area (Å²) < 4.78 is 0. The SMILES string of the molecule is Cc1cc(C)c([N+](=O)[O-])cc1NC(c1cccs1)C1CC1. The monoisotopic (exact) mass is 302 g/mol. The van der Waals surface area contributed by atoms with Crippen molar-refractivity contribution in [3.8, 4) is 0 Å². The van der Waals surface area contributed by atoms with Crippen LogP contribution < -0.4 is 5.32 Å². The van der Waals surface area contributed by atoms with E-state index >= 15 is 0 Å². The molecule has 1 N–H and O–H groups in total. The molecule has 1 aromatic carbocycles. The molecule has 3 rings (SSSR count). The quantitative estimate of drug-likeness (QED) is 0.635. The van der Waals surface area contributed by atoms with Gasteiger partial charge in [-0.25, -0.2) is 0 Å². The number of hydrogen-bond acceptors (Lipinski definition) is 4. The molecule has 1 saturated carbocycles. The van der Waals surface area contributed by atoms with Gasteiger partial charge in [-0.3, -0.25) is 10.1 Å². The Bertz CT molecular complexity index is 663.